The zero-order valence-corrected chi connectivity index (χ0v) is 10.9. The van der Waals surface area contributed by atoms with Crippen LogP contribution in [0.3, 0.4) is 0 Å². The fourth-order valence-corrected chi connectivity index (χ4v) is 3.23. The minimum absolute atomic E-state index is 0.756. The van der Waals surface area contributed by atoms with Crippen molar-refractivity contribution < 1.29 is 4.74 Å². The van der Waals surface area contributed by atoms with Crippen LogP contribution in [0.2, 0.25) is 0 Å². The lowest BCUT2D eigenvalue weighted by Gasteiger charge is -2.32. The van der Waals surface area contributed by atoms with E-state index in [1.54, 1.807) is 0 Å². The van der Waals surface area contributed by atoms with Gasteiger partial charge in [-0.1, -0.05) is 6.42 Å². The molecule has 0 aromatic heterocycles. The Morgan fingerprint density at radius 3 is 2.65 bits per heavy atom. The first-order chi connectivity index (χ1) is 8.42. The molecule has 0 aromatic carbocycles. The van der Waals surface area contributed by atoms with Gasteiger partial charge >= 0.3 is 0 Å². The number of rotatable bonds is 5. The Hall–Kier alpha value is -0.120. The van der Waals surface area contributed by atoms with E-state index >= 15 is 0 Å². The van der Waals surface area contributed by atoms with E-state index in [1.807, 2.05) is 0 Å². The standard InChI is InChI=1S/C14H26N2O/c1-2-7-15-13(3-1)10-16(14-4-5-14)9-12-6-8-17-11-12/h12-15H,1-11H2. The van der Waals surface area contributed by atoms with E-state index in [9.17, 15) is 0 Å². The lowest BCUT2D eigenvalue weighted by molar-refractivity contribution is 0.154. The third kappa shape index (κ3) is 3.43. The van der Waals surface area contributed by atoms with Gasteiger partial charge in [-0.05, 0) is 44.6 Å². The van der Waals surface area contributed by atoms with Crippen molar-refractivity contribution in [2.45, 2.75) is 50.6 Å². The predicted octanol–water partition coefficient (Wildman–Crippen LogP) is 1.63. The van der Waals surface area contributed by atoms with Crippen LogP contribution < -0.4 is 5.32 Å². The highest BCUT2D eigenvalue weighted by Gasteiger charge is 2.33. The van der Waals surface area contributed by atoms with Crippen molar-refractivity contribution in [3.8, 4) is 0 Å². The molecule has 0 aromatic rings. The van der Waals surface area contributed by atoms with Gasteiger partial charge in [0.2, 0.25) is 0 Å². The summed E-state index contributed by atoms with van der Waals surface area (Å²) in [5, 5.41) is 3.68. The highest BCUT2D eigenvalue weighted by atomic mass is 16.5. The third-order valence-electron chi connectivity index (χ3n) is 4.45. The minimum atomic E-state index is 0.756. The second kappa shape index (κ2) is 5.68. The second-order valence-corrected chi connectivity index (χ2v) is 6.06. The molecule has 3 rings (SSSR count). The van der Waals surface area contributed by atoms with Crippen molar-refractivity contribution in [3.05, 3.63) is 0 Å². The van der Waals surface area contributed by atoms with Gasteiger partial charge in [0.15, 0.2) is 0 Å². The summed E-state index contributed by atoms with van der Waals surface area (Å²) >= 11 is 0. The van der Waals surface area contributed by atoms with Crippen LogP contribution in [0, 0.1) is 5.92 Å². The SMILES string of the molecule is C1CCC(CN(CC2CCOC2)C2CC2)NC1. The van der Waals surface area contributed by atoms with Gasteiger partial charge in [-0.2, -0.15) is 0 Å². The number of hydrogen-bond acceptors (Lipinski definition) is 3. The number of nitrogens with one attached hydrogen (secondary N) is 1. The molecule has 2 heterocycles. The van der Waals surface area contributed by atoms with Crippen LogP contribution in [0.25, 0.3) is 0 Å². The van der Waals surface area contributed by atoms with Gasteiger partial charge in [0, 0.05) is 31.8 Å². The van der Waals surface area contributed by atoms with Crippen molar-refractivity contribution in [1.82, 2.24) is 10.2 Å². The van der Waals surface area contributed by atoms with Gasteiger partial charge < -0.3 is 10.1 Å². The molecule has 0 spiro atoms. The Bertz CT molecular complexity index is 230. The molecular formula is C14H26N2O. The van der Waals surface area contributed by atoms with Crippen LogP contribution >= 0.6 is 0 Å². The molecule has 3 nitrogen and oxygen atoms in total. The zero-order valence-electron chi connectivity index (χ0n) is 10.9. The van der Waals surface area contributed by atoms with Crippen molar-refractivity contribution in [2.75, 3.05) is 32.8 Å². The Balaban J connectivity index is 1.48. The normalized spacial score (nSPS) is 34.4. The molecule has 0 bridgehead atoms. The molecule has 2 unspecified atom stereocenters. The van der Waals surface area contributed by atoms with E-state index in [2.05, 4.69) is 10.2 Å². The highest BCUT2D eigenvalue weighted by molar-refractivity contribution is 4.89. The second-order valence-electron chi connectivity index (χ2n) is 6.06. The minimum Gasteiger partial charge on any atom is -0.381 e. The first-order valence-corrected chi connectivity index (χ1v) is 7.47. The molecular weight excluding hydrogens is 212 g/mol. The first kappa shape index (κ1) is 11.9. The van der Waals surface area contributed by atoms with Gasteiger partial charge in [0.1, 0.15) is 0 Å². The monoisotopic (exact) mass is 238 g/mol. The lowest BCUT2D eigenvalue weighted by atomic mass is 10.0. The smallest absolute Gasteiger partial charge is 0.0507 e. The van der Waals surface area contributed by atoms with Crippen molar-refractivity contribution >= 4 is 0 Å². The molecule has 2 atom stereocenters. The van der Waals surface area contributed by atoms with E-state index in [-0.39, 0.29) is 0 Å². The molecule has 1 N–H and O–H groups in total. The fourth-order valence-electron chi connectivity index (χ4n) is 3.23. The number of piperidine rings is 1. The van der Waals surface area contributed by atoms with Gasteiger partial charge in [-0.25, -0.2) is 0 Å². The largest absolute Gasteiger partial charge is 0.381 e. The zero-order chi connectivity index (χ0) is 11.5. The predicted molar refractivity (Wildman–Crippen MR) is 69.2 cm³/mol. The Labute approximate surface area is 105 Å². The maximum Gasteiger partial charge on any atom is 0.0507 e. The molecule has 2 saturated heterocycles. The van der Waals surface area contributed by atoms with E-state index < -0.39 is 0 Å². The first-order valence-electron chi connectivity index (χ1n) is 7.47. The number of nitrogens with zero attached hydrogens (tertiary/aromatic N) is 1. The molecule has 2 aliphatic heterocycles. The van der Waals surface area contributed by atoms with Crippen LogP contribution in [0.1, 0.15) is 38.5 Å². The van der Waals surface area contributed by atoms with Gasteiger partial charge in [-0.15, -0.1) is 0 Å². The average molecular weight is 238 g/mol. The van der Waals surface area contributed by atoms with E-state index in [4.69, 9.17) is 4.74 Å². The van der Waals surface area contributed by atoms with Crippen LogP contribution in [-0.2, 0) is 4.74 Å². The van der Waals surface area contributed by atoms with E-state index in [0.29, 0.717) is 0 Å². The molecule has 1 aliphatic carbocycles. The molecule has 1 saturated carbocycles. The average Bonchev–Trinajstić information content (AvgIpc) is 3.09. The Morgan fingerprint density at radius 2 is 2.00 bits per heavy atom. The molecule has 0 radical (unpaired) electrons. The summed E-state index contributed by atoms with van der Waals surface area (Å²) in [4.78, 5) is 2.75. The number of ether oxygens (including phenoxy) is 1. The topological polar surface area (TPSA) is 24.5 Å². The summed E-state index contributed by atoms with van der Waals surface area (Å²) in [6, 6.07) is 1.66. The van der Waals surface area contributed by atoms with Gasteiger partial charge in [0.25, 0.3) is 0 Å². The summed E-state index contributed by atoms with van der Waals surface area (Å²) in [7, 11) is 0. The van der Waals surface area contributed by atoms with Crippen LogP contribution in [0.15, 0.2) is 0 Å². The number of hydrogen-bond donors (Lipinski definition) is 1. The third-order valence-corrected chi connectivity index (χ3v) is 4.45. The summed E-state index contributed by atoms with van der Waals surface area (Å²) in [5.74, 6) is 0.805. The fraction of sp³-hybridized carbons (Fsp3) is 1.00. The molecule has 17 heavy (non-hydrogen) atoms. The summed E-state index contributed by atoms with van der Waals surface area (Å²) in [5.41, 5.74) is 0. The quantitative estimate of drug-likeness (QED) is 0.788. The highest BCUT2D eigenvalue weighted by Crippen LogP contribution is 2.29. The van der Waals surface area contributed by atoms with Crippen molar-refractivity contribution in [3.63, 3.8) is 0 Å². The molecule has 98 valence electrons. The lowest BCUT2D eigenvalue weighted by Crippen LogP contribution is -2.45. The van der Waals surface area contributed by atoms with Crippen molar-refractivity contribution in [2.24, 2.45) is 5.92 Å². The maximum atomic E-state index is 5.51. The Morgan fingerprint density at radius 1 is 1.06 bits per heavy atom. The Kier molecular flexibility index (Phi) is 3.99. The summed E-state index contributed by atoms with van der Waals surface area (Å²) < 4.78 is 5.51. The van der Waals surface area contributed by atoms with E-state index in [0.717, 1.165) is 31.2 Å². The van der Waals surface area contributed by atoms with Gasteiger partial charge in [0.05, 0.1) is 6.61 Å². The summed E-state index contributed by atoms with van der Waals surface area (Å²) in [6.07, 6.45) is 8.31. The molecule has 3 heteroatoms. The maximum absolute atomic E-state index is 5.51. The summed E-state index contributed by atoms with van der Waals surface area (Å²) in [6.45, 7) is 5.78. The van der Waals surface area contributed by atoms with E-state index in [1.165, 1.54) is 58.2 Å². The molecule has 0 amide bonds. The van der Waals surface area contributed by atoms with Crippen molar-refractivity contribution in [1.29, 1.82) is 0 Å². The molecule has 3 aliphatic rings. The van der Waals surface area contributed by atoms with Crippen LogP contribution in [0.5, 0.6) is 0 Å². The van der Waals surface area contributed by atoms with Crippen LogP contribution in [-0.4, -0.2) is 49.8 Å². The molecule has 3 fully saturated rings. The van der Waals surface area contributed by atoms with Crippen LogP contribution in [0.4, 0.5) is 0 Å². The van der Waals surface area contributed by atoms with Gasteiger partial charge in [-0.3, -0.25) is 4.90 Å².